The van der Waals surface area contributed by atoms with Crippen molar-refractivity contribution in [2.75, 3.05) is 6.61 Å². The summed E-state index contributed by atoms with van der Waals surface area (Å²) in [5.74, 6) is -1.34. The number of H-pyrrole nitrogens is 1. The second-order valence-electron chi connectivity index (χ2n) is 4.57. The van der Waals surface area contributed by atoms with E-state index in [1.807, 2.05) is 4.98 Å². The maximum absolute atomic E-state index is 12.0. The third-order valence-electron chi connectivity index (χ3n) is 3.28. The Hall–Kier alpha value is -1.68. The Morgan fingerprint density at radius 3 is 2.67 bits per heavy atom. The predicted octanol–water partition coefficient (Wildman–Crippen LogP) is -1.98. The van der Waals surface area contributed by atoms with Gasteiger partial charge in [-0.25, -0.2) is 4.79 Å². The number of carbonyl (C=O) groups is 1. The molecule has 1 fully saturated rings. The Morgan fingerprint density at radius 1 is 1.52 bits per heavy atom. The lowest BCUT2D eigenvalue weighted by Gasteiger charge is -2.18. The first kappa shape index (κ1) is 15.7. The number of aliphatic hydroxyl groups is 2. The predicted molar refractivity (Wildman–Crippen MR) is 71.0 cm³/mol. The highest BCUT2D eigenvalue weighted by atomic mass is 35.5. The van der Waals surface area contributed by atoms with Gasteiger partial charge in [0.15, 0.2) is 0 Å². The van der Waals surface area contributed by atoms with E-state index in [0.29, 0.717) is 0 Å². The highest BCUT2D eigenvalue weighted by Crippen LogP contribution is 2.28. The van der Waals surface area contributed by atoms with Gasteiger partial charge in [-0.2, -0.15) is 0 Å². The summed E-state index contributed by atoms with van der Waals surface area (Å²) in [5.41, 5.74) is 2.98. The minimum atomic E-state index is -1.04. The fourth-order valence-electron chi connectivity index (χ4n) is 2.29. The zero-order chi connectivity index (χ0) is 15.7. The van der Waals surface area contributed by atoms with Crippen LogP contribution in [-0.4, -0.2) is 44.5 Å². The van der Waals surface area contributed by atoms with Crippen LogP contribution in [0.1, 0.15) is 28.7 Å². The van der Waals surface area contributed by atoms with Crippen molar-refractivity contribution in [1.82, 2.24) is 9.55 Å². The van der Waals surface area contributed by atoms with Gasteiger partial charge in [-0.1, -0.05) is 0 Å². The smallest absolute Gasteiger partial charge is 0.331 e. The molecular formula is C11H14ClN3O6. The molecule has 1 aliphatic heterocycles. The number of aliphatic hydroxyl groups excluding tert-OH is 2. The fraction of sp³-hybridized carbons (Fsp3) is 0.545. The summed E-state index contributed by atoms with van der Waals surface area (Å²) in [4.78, 5) is 37.2. The van der Waals surface area contributed by atoms with Gasteiger partial charge in [0.05, 0.1) is 24.2 Å². The summed E-state index contributed by atoms with van der Waals surface area (Å²) in [6.07, 6.45) is -2.99. The zero-order valence-corrected chi connectivity index (χ0v) is 11.5. The molecule has 116 valence electrons. The third-order valence-corrected chi connectivity index (χ3v) is 3.55. The summed E-state index contributed by atoms with van der Waals surface area (Å²) in [6.45, 7) is -0.454. The maximum atomic E-state index is 12.0. The van der Waals surface area contributed by atoms with Crippen LogP contribution in [0, 0.1) is 0 Å². The quantitative estimate of drug-likeness (QED) is 0.472. The molecule has 0 unspecified atom stereocenters. The van der Waals surface area contributed by atoms with E-state index in [0.717, 1.165) is 4.57 Å². The Labute approximate surface area is 122 Å². The molecule has 1 saturated heterocycles. The van der Waals surface area contributed by atoms with Crippen molar-refractivity contribution in [3.05, 3.63) is 32.1 Å². The van der Waals surface area contributed by atoms with Gasteiger partial charge in [0, 0.05) is 6.42 Å². The molecule has 10 heteroatoms. The van der Waals surface area contributed by atoms with Crippen LogP contribution in [0.4, 0.5) is 0 Å². The molecule has 0 saturated carbocycles. The first-order valence-corrected chi connectivity index (χ1v) is 6.62. The largest absolute Gasteiger partial charge is 0.394 e. The molecular weight excluding hydrogens is 306 g/mol. The van der Waals surface area contributed by atoms with Gasteiger partial charge < -0.3 is 20.7 Å². The number of carbonyl (C=O) groups excluding carboxylic acids is 1. The molecule has 0 aliphatic carbocycles. The van der Waals surface area contributed by atoms with Gasteiger partial charge in [-0.05, 0) is 0 Å². The molecule has 21 heavy (non-hydrogen) atoms. The van der Waals surface area contributed by atoms with E-state index in [-0.39, 0.29) is 23.6 Å². The van der Waals surface area contributed by atoms with Crippen LogP contribution in [0.2, 0.25) is 0 Å². The number of hydrogen-bond donors (Lipinski definition) is 4. The Kier molecular flexibility index (Phi) is 4.47. The monoisotopic (exact) mass is 319 g/mol. The van der Waals surface area contributed by atoms with Gasteiger partial charge in [0.1, 0.15) is 18.0 Å². The number of halogens is 1. The molecule has 0 bridgehead atoms. The number of rotatable bonds is 4. The van der Waals surface area contributed by atoms with Crippen molar-refractivity contribution in [3.63, 3.8) is 0 Å². The van der Waals surface area contributed by atoms with Crippen LogP contribution in [0.3, 0.4) is 0 Å². The summed E-state index contributed by atoms with van der Waals surface area (Å²) >= 11 is 5.62. The molecule has 0 radical (unpaired) electrons. The number of alkyl halides is 1. The van der Waals surface area contributed by atoms with Crippen LogP contribution in [0.15, 0.2) is 9.59 Å². The SMILES string of the molecule is NC(=O)c1c(CCl)c(=O)[nH]c(=O)n1[C@H]1C[C@H](O)[C@@H](CO)O1. The molecule has 0 aromatic carbocycles. The highest BCUT2D eigenvalue weighted by Gasteiger charge is 2.37. The first-order valence-electron chi connectivity index (χ1n) is 6.08. The average molecular weight is 320 g/mol. The van der Waals surface area contributed by atoms with Crippen LogP contribution >= 0.6 is 11.6 Å². The number of aromatic amines is 1. The lowest BCUT2D eigenvalue weighted by Crippen LogP contribution is -2.40. The summed E-state index contributed by atoms with van der Waals surface area (Å²) in [5, 5.41) is 18.8. The van der Waals surface area contributed by atoms with E-state index in [1.54, 1.807) is 0 Å². The van der Waals surface area contributed by atoms with Gasteiger partial charge in [0.2, 0.25) is 0 Å². The second-order valence-corrected chi connectivity index (χ2v) is 4.84. The molecule has 5 N–H and O–H groups in total. The van der Waals surface area contributed by atoms with Crippen molar-refractivity contribution in [2.24, 2.45) is 5.73 Å². The minimum Gasteiger partial charge on any atom is -0.394 e. The van der Waals surface area contributed by atoms with Gasteiger partial charge in [-0.15, -0.1) is 11.6 Å². The average Bonchev–Trinajstić information content (AvgIpc) is 2.78. The number of nitrogens with zero attached hydrogens (tertiary/aromatic N) is 1. The molecule has 2 rings (SSSR count). The lowest BCUT2D eigenvalue weighted by atomic mass is 10.1. The zero-order valence-electron chi connectivity index (χ0n) is 10.8. The standard InChI is InChI=1S/C11H14ClN3O6/c12-2-4-8(9(13)18)15(11(20)14-10(4)19)7-1-5(17)6(3-16)21-7/h5-7,16-17H,1-3H2,(H2,13,18)(H,14,19,20)/t5-,6+,7+/m0/s1. The van der Waals surface area contributed by atoms with Gasteiger partial charge in [0.25, 0.3) is 11.5 Å². The number of nitrogens with two attached hydrogens (primary N) is 1. The van der Waals surface area contributed by atoms with E-state index < -0.39 is 42.2 Å². The fourth-order valence-corrected chi connectivity index (χ4v) is 2.54. The molecule has 0 spiro atoms. The number of aromatic nitrogens is 2. The molecule has 3 atom stereocenters. The Morgan fingerprint density at radius 2 is 2.19 bits per heavy atom. The Bertz CT molecular complexity index is 669. The minimum absolute atomic E-state index is 0.0425. The number of primary amides is 1. The van der Waals surface area contributed by atoms with Crippen molar-refractivity contribution in [1.29, 1.82) is 0 Å². The normalized spacial score (nSPS) is 25.2. The van der Waals surface area contributed by atoms with E-state index in [2.05, 4.69) is 0 Å². The van der Waals surface area contributed by atoms with Crippen LogP contribution in [0.25, 0.3) is 0 Å². The number of amides is 1. The summed E-state index contributed by atoms with van der Waals surface area (Å²) in [7, 11) is 0. The Balaban J connectivity index is 2.61. The van der Waals surface area contributed by atoms with E-state index in [1.165, 1.54) is 0 Å². The summed E-state index contributed by atoms with van der Waals surface area (Å²) < 4.78 is 6.16. The topological polar surface area (TPSA) is 148 Å². The highest BCUT2D eigenvalue weighted by molar-refractivity contribution is 6.17. The third kappa shape index (κ3) is 2.72. The summed E-state index contributed by atoms with van der Waals surface area (Å²) in [6, 6.07) is 0. The number of ether oxygens (including phenoxy) is 1. The first-order chi connectivity index (χ1) is 9.90. The molecule has 1 aromatic heterocycles. The van der Waals surface area contributed by atoms with Crippen molar-refractivity contribution in [3.8, 4) is 0 Å². The molecule has 9 nitrogen and oxygen atoms in total. The van der Waals surface area contributed by atoms with E-state index in [4.69, 9.17) is 27.2 Å². The lowest BCUT2D eigenvalue weighted by molar-refractivity contribution is -0.0465. The van der Waals surface area contributed by atoms with Crippen molar-refractivity contribution >= 4 is 17.5 Å². The van der Waals surface area contributed by atoms with Gasteiger partial charge >= 0.3 is 5.69 Å². The van der Waals surface area contributed by atoms with Crippen molar-refractivity contribution in [2.45, 2.75) is 30.7 Å². The number of hydrogen-bond acceptors (Lipinski definition) is 6. The molecule has 1 aromatic rings. The van der Waals surface area contributed by atoms with Crippen molar-refractivity contribution < 1.29 is 19.7 Å². The van der Waals surface area contributed by atoms with Crippen LogP contribution < -0.4 is 17.0 Å². The molecule has 2 heterocycles. The molecule has 1 aliphatic rings. The van der Waals surface area contributed by atoms with E-state index >= 15 is 0 Å². The number of nitrogens with one attached hydrogen (secondary N) is 1. The van der Waals surface area contributed by atoms with Crippen LogP contribution in [-0.2, 0) is 10.6 Å². The molecule has 1 amide bonds. The van der Waals surface area contributed by atoms with Gasteiger partial charge in [-0.3, -0.25) is 19.1 Å². The maximum Gasteiger partial charge on any atom is 0.331 e. The van der Waals surface area contributed by atoms with E-state index in [9.17, 15) is 19.5 Å². The second kappa shape index (κ2) is 5.98. The van der Waals surface area contributed by atoms with Crippen LogP contribution in [0.5, 0.6) is 0 Å².